The molecule has 1 rings (SSSR count). The third-order valence-corrected chi connectivity index (χ3v) is 2.24. The Kier molecular flexibility index (Phi) is 2.50. The zero-order chi connectivity index (χ0) is 9.30. The summed E-state index contributed by atoms with van der Waals surface area (Å²) in [5.74, 6) is 1.67. The lowest BCUT2D eigenvalue weighted by atomic mass is 10.1. The molecule has 12 heavy (non-hydrogen) atoms. The Morgan fingerprint density at radius 2 is 2.25 bits per heavy atom. The molecule has 0 radical (unpaired) electrons. The fourth-order valence-electron chi connectivity index (χ4n) is 1.56. The van der Waals surface area contributed by atoms with Gasteiger partial charge in [0.25, 0.3) is 0 Å². The molecule has 0 amide bonds. The second kappa shape index (κ2) is 3.25. The Morgan fingerprint density at radius 1 is 1.67 bits per heavy atom. The van der Waals surface area contributed by atoms with Gasteiger partial charge < -0.3 is 4.90 Å². The van der Waals surface area contributed by atoms with E-state index in [-0.39, 0.29) is 11.8 Å². The van der Waals surface area contributed by atoms with Crippen LogP contribution in [0.25, 0.3) is 0 Å². The average Bonchev–Trinajstić information content (AvgIpc) is 2.30. The number of Topliss-reactive ketones (excluding diaryl/α,β-unsaturated/α-hetero) is 1. The molecule has 0 unspecified atom stereocenters. The molecule has 0 fully saturated rings. The molecule has 0 aromatic rings. The molecule has 3 nitrogen and oxygen atoms in total. The number of amidine groups is 1. The fraction of sp³-hybridized carbons (Fsp3) is 0.778. The first-order valence-electron chi connectivity index (χ1n) is 4.31. The second-order valence-corrected chi connectivity index (χ2v) is 3.59. The molecule has 1 aliphatic rings. The molecule has 0 spiro atoms. The van der Waals surface area contributed by atoms with Crippen LogP contribution in [0, 0.1) is 5.92 Å². The highest BCUT2D eigenvalue weighted by atomic mass is 16.1. The molecule has 68 valence electrons. The summed E-state index contributed by atoms with van der Waals surface area (Å²) in [6, 6.07) is -0.0117. The van der Waals surface area contributed by atoms with Gasteiger partial charge in [0.2, 0.25) is 0 Å². The van der Waals surface area contributed by atoms with E-state index in [0.29, 0.717) is 12.5 Å². The smallest absolute Gasteiger partial charge is 0.154 e. The maximum absolute atomic E-state index is 11.1. The van der Waals surface area contributed by atoms with Crippen LogP contribution in [0.1, 0.15) is 20.8 Å². The summed E-state index contributed by atoms with van der Waals surface area (Å²) >= 11 is 0. The second-order valence-electron chi connectivity index (χ2n) is 3.59. The summed E-state index contributed by atoms with van der Waals surface area (Å²) in [6.45, 7) is 6.45. The third-order valence-electron chi connectivity index (χ3n) is 2.24. The fourth-order valence-corrected chi connectivity index (χ4v) is 1.56. The van der Waals surface area contributed by atoms with Gasteiger partial charge in [-0.15, -0.1) is 0 Å². The molecule has 0 aliphatic carbocycles. The molecular weight excluding hydrogens is 152 g/mol. The third kappa shape index (κ3) is 1.49. The van der Waals surface area contributed by atoms with Crippen molar-refractivity contribution in [2.24, 2.45) is 10.9 Å². The molecule has 0 saturated carbocycles. The molecule has 0 aromatic carbocycles. The number of hydrogen-bond acceptors (Lipinski definition) is 3. The predicted molar refractivity (Wildman–Crippen MR) is 49.4 cm³/mol. The van der Waals surface area contributed by atoms with E-state index >= 15 is 0 Å². The van der Waals surface area contributed by atoms with Gasteiger partial charge in [0.05, 0.1) is 6.54 Å². The van der Waals surface area contributed by atoms with Crippen LogP contribution in [0.5, 0.6) is 0 Å². The molecule has 0 N–H and O–H groups in total. The van der Waals surface area contributed by atoms with E-state index in [1.165, 1.54) is 0 Å². The van der Waals surface area contributed by atoms with E-state index in [1.54, 1.807) is 6.92 Å². The molecular formula is C9H16N2O. The molecule has 1 atom stereocenters. The first-order chi connectivity index (χ1) is 5.54. The van der Waals surface area contributed by atoms with Crippen molar-refractivity contribution in [1.29, 1.82) is 0 Å². The van der Waals surface area contributed by atoms with Crippen molar-refractivity contribution in [2.45, 2.75) is 26.8 Å². The van der Waals surface area contributed by atoms with Crippen LogP contribution in [0.15, 0.2) is 4.99 Å². The van der Waals surface area contributed by atoms with Crippen molar-refractivity contribution >= 4 is 11.6 Å². The number of rotatable bonds is 2. The van der Waals surface area contributed by atoms with Gasteiger partial charge in [-0.1, -0.05) is 13.8 Å². The standard InChI is InChI=1S/C9H16N2O/c1-6(2)9-10-5-8(7(3)12)11(9)4/h6,8H,5H2,1-4H3/t8-/m0/s1. The Bertz CT molecular complexity index is 221. The first kappa shape index (κ1) is 9.23. The Morgan fingerprint density at radius 3 is 2.50 bits per heavy atom. The van der Waals surface area contributed by atoms with Crippen LogP contribution in [-0.2, 0) is 4.79 Å². The van der Waals surface area contributed by atoms with E-state index in [9.17, 15) is 4.79 Å². The number of hydrogen-bond donors (Lipinski definition) is 0. The maximum atomic E-state index is 11.1. The summed E-state index contributed by atoms with van der Waals surface area (Å²) in [7, 11) is 1.94. The Hall–Kier alpha value is -0.860. The van der Waals surface area contributed by atoms with E-state index < -0.39 is 0 Å². The van der Waals surface area contributed by atoms with Gasteiger partial charge in [0, 0.05) is 13.0 Å². The van der Waals surface area contributed by atoms with Crippen LogP contribution in [0.3, 0.4) is 0 Å². The van der Waals surface area contributed by atoms with Crippen molar-refractivity contribution in [1.82, 2.24) is 4.90 Å². The highest BCUT2D eigenvalue weighted by Gasteiger charge is 2.28. The predicted octanol–water partition coefficient (Wildman–Crippen LogP) is 0.944. The summed E-state index contributed by atoms with van der Waals surface area (Å²) in [5.41, 5.74) is 0. The summed E-state index contributed by atoms with van der Waals surface area (Å²) < 4.78 is 0. The van der Waals surface area contributed by atoms with Crippen LogP contribution in [0.2, 0.25) is 0 Å². The highest BCUT2D eigenvalue weighted by molar-refractivity contribution is 5.93. The molecule has 1 heterocycles. The minimum Gasteiger partial charge on any atom is -0.351 e. The summed E-state index contributed by atoms with van der Waals surface area (Å²) in [5, 5.41) is 0. The molecule has 0 saturated heterocycles. The van der Waals surface area contributed by atoms with Crippen LogP contribution in [0.4, 0.5) is 0 Å². The van der Waals surface area contributed by atoms with E-state index in [2.05, 4.69) is 18.8 Å². The van der Waals surface area contributed by atoms with Gasteiger partial charge in [0.1, 0.15) is 11.9 Å². The van der Waals surface area contributed by atoms with Gasteiger partial charge >= 0.3 is 0 Å². The number of aliphatic imine (C=N–C) groups is 1. The lowest BCUT2D eigenvalue weighted by Gasteiger charge is -2.22. The first-order valence-corrected chi connectivity index (χ1v) is 4.31. The van der Waals surface area contributed by atoms with Gasteiger partial charge in [-0.3, -0.25) is 9.79 Å². The van der Waals surface area contributed by atoms with Crippen molar-refractivity contribution in [3.05, 3.63) is 0 Å². The number of nitrogens with zero attached hydrogens (tertiary/aromatic N) is 2. The van der Waals surface area contributed by atoms with Gasteiger partial charge in [-0.05, 0) is 6.92 Å². The number of carbonyl (C=O) groups is 1. The molecule has 3 heteroatoms. The molecule has 0 bridgehead atoms. The largest absolute Gasteiger partial charge is 0.351 e. The normalized spacial score (nSPS) is 23.2. The summed E-state index contributed by atoms with van der Waals surface area (Å²) in [6.07, 6.45) is 0. The number of ketones is 1. The Labute approximate surface area is 73.5 Å². The quantitative estimate of drug-likeness (QED) is 0.615. The van der Waals surface area contributed by atoms with E-state index in [0.717, 1.165) is 5.84 Å². The monoisotopic (exact) mass is 168 g/mol. The summed E-state index contributed by atoms with van der Waals surface area (Å²) in [4.78, 5) is 17.4. The van der Waals surface area contributed by atoms with Crippen LogP contribution in [-0.4, -0.2) is 36.2 Å². The zero-order valence-electron chi connectivity index (χ0n) is 8.16. The van der Waals surface area contributed by atoms with Crippen molar-refractivity contribution in [3.63, 3.8) is 0 Å². The number of likely N-dealkylation sites (N-methyl/N-ethyl adjacent to an activating group) is 1. The topological polar surface area (TPSA) is 32.7 Å². The van der Waals surface area contributed by atoms with Crippen LogP contribution >= 0.6 is 0 Å². The van der Waals surface area contributed by atoms with Gasteiger partial charge in [-0.2, -0.15) is 0 Å². The average molecular weight is 168 g/mol. The molecule has 0 aromatic heterocycles. The molecule has 1 aliphatic heterocycles. The number of carbonyl (C=O) groups excluding carboxylic acids is 1. The zero-order valence-corrected chi connectivity index (χ0v) is 8.16. The van der Waals surface area contributed by atoms with Crippen LogP contribution < -0.4 is 0 Å². The van der Waals surface area contributed by atoms with E-state index in [4.69, 9.17) is 0 Å². The SMILES string of the molecule is CC(=O)[C@@H]1CN=C(C(C)C)N1C. The lowest BCUT2D eigenvalue weighted by molar-refractivity contribution is -0.119. The van der Waals surface area contributed by atoms with Gasteiger partial charge in [0.15, 0.2) is 5.78 Å². The van der Waals surface area contributed by atoms with Crippen molar-refractivity contribution in [3.8, 4) is 0 Å². The highest BCUT2D eigenvalue weighted by Crippen LogP contribution is 2.14. The maximum Gasteiger partial charge on any atom is 0.154 e. The van der Waals surface area contributed by atoms with Gasteiger partial charge in [-0.25, -0.2) is 0 Å². The minimum atomic E-state index is -0.0117. The van der Waals surface area contributed by atoms with E-state index in [1.807, 2.05) is 11.9 Å². The van der Waals surface area contributed by atoms with Crippen molar-refractivity contribution < 1.29 is 4.79 Å². The Balaban J connectivity index is 2.69. The minimum absolute atomic E-state index is 0.0117. The van der Waals surface area contributed by atoms with Crippen molar-refractivity contribution in [2.75, 3.05) is 13.6 Å². The lowest BCUT2D eigenvalue weighted by Crippen LogP contribution is -2.39.